The minimum Gasteiger partial charge on any atom is -0.378 e. The number of hydrogen-bond acceptors (Lipinski definition) is 3. The van der Waals surface area contributed by atoms with Crippen molar-refractivity contribution in [2.75, 3.05) is 13.2 Å². The number of rotatable bonds is 4. The van der Waals surface area contributed by atoms with E-state index in [1.54, 1.807) is 0 Å². The zero-order chi connectivity index (χ0) is 13.7. The number of amides is 1. The minimum absolute atomic E-state index is 0.253. The van der Waals surface area contributed by atoms with E-state index in [4.69, 9.17) is 10.5 Å². The van der Waals surface area contributed by atoms with Gasteiger partial charge in [-0.05, 0) is 51.9 Å². The third kappa shape index (κ3) is 3.93. The van der Waals surface area contributed by atoms with E-state index in [-0.39, 0.29) is 11.9 Å². The summed E-state index contributed by atoms with van der Waals surface area (Å²) in [5, 5.41) is 0. The molecule has 2 N–H and O–H groups in total. The van der Waals surface area contributed by atoms with Crippen molar-refractivity contribution in [1.82, 2.24) is 4.90 Å². The first-order valence-electron chi connectivity index (χ1n) is 7.85. The zero-order valence-corrected chi connectivity index (χ0v) is 12.1. The first-order valence-corrected chi connectivity index (χ1v) is 7.85. The number of piperidine rings is 1. The lowest BCUT2D eigenvalue weighted by Crippen LogP contribution is -2.51. The van der Waals surface area contributed by atoms with Crippen molar-refractivity contribution in [1.29, 1.82) is 0 Å². The fourth-order valence-corrected chi connectivity index (χ4v) is 3.42. The Balaban J connectivity index is 1.82. The van der Waals surface area contributed by atoms with Gasteiger partial charge in [0.1, 0.15) is 0 Å². The molecule has 2 fully saturated rings. The highest BCUT2D eigenvalue weighted by Crippen LogP contribution is 2.24. The monoisotopic (exact) mass is 268 g/mol. The molecule has 3 unspecified atom stereocenters. The summed E-state index contributed by atoms with van der Waals surface area (Å²) < 4.78 is 5.70. The average molecular weight is 268 g/mol. The molecule has 0 aromatic rings. The topological polar surface area (TPSA) is 55.6 Å². The molecule has 2 aliphatic rings. The molecule has 0 aliphatic carbocycles. The molecule has 0 bridgehead atoms. The Morgan fingerprint density at radius 1 is 1.26 bits per heavy atom. The highest BCUT2D eigenvalue weighted by Gasteiger charge is 2.30. The maximum Gasteiger partial charge on any atom is 0.223 e. The SMILES string of the molecule is CC1CCCC(CN)N1C(=O)CCC1CCCCO1. The van der Waals surface area contributed by atoms with Gasteiger partial charge in [0.05, 0.1) is 6.10 Å². The third-order valence-corrected chi connectivity index (χ3v) is 4.54. The van der Waals surface area contributed by atoms with Gasteiger partial charge in [-0.1, -0.05) is 0 Å². The number of nitrogens with two attached hydrogens (primary N) is 1. The molecule has 2 rings (SSSR count). The van der Waals surface area contributed by atoms with Crippen molar-refractivity contribution in [2.45, 2.75) is 76.5 Å². The van der Waals surface area contributed by atoms with Crippen molar-refractivity contribution in [3.8, 4) is 0 Å². The van der Waals surface area contributed by atoms with Crippen LogP contribution in [0.25, 0.3) is 0 Å². The van der Waals surface area contributed by atoms with Crippen LogP contribution in [0.2, 0.25) is 0 Å². The van der Waals surface area contributed by atoms with Crippen molar-refractivity contribution in [2.24, 2.45) is 5.73 Å². The van der Waals surface area contributed by atoms with Gasteiger partial charge in [-0.3, -0.25) is 4.79 Å². The molecule has 0 aromatic carbocycles. The van der Waals surface area contributed by atoms with Crippen LogP contribution in [0.15, 0.2) is 0 Å². The number of carbonyl (C=O) groups is 1. The smallest absolute Gasteiger partial charge is 0.223 e. The Kier molecular flexibility index (Phi) is 5.64. The van der Waals surface area contributed by atoms with Gasteiger partial charge in [0.25, 0.3) is 0 Å². The summed E-state index contributed by atoms with van der Waals surface area (Å²) >= 11 is 0. The largest absolute Gasteiger partial charge is 0.378 e. The third-order valence-electron chi connectivity index (χ3n) is 4.54. The van der Waals surface area contributed by atoms with Gasteiger partial charge in [0, 0.05) is 31.7 Å². The van der Waals surface area contributed by atoms with Gasteiger partial charge in [0.15, 0.2) is 0 Å². The molecule has 0 aromatic heterocycles. The molecule has 4 nitrogen and oxygen atoms in total. The van der Waals surface area contributed by atoms with Gasteiger partial charge in [-0.2, -0.15) is 0 Å². The van der Waals surface area contributed by atoms with Gasteiger partial charge >= 0.3 is 0 Å². The van der Waals surface area contributed by atoms with Crippen LogP contribution in [0, 0.1) is 0 Å². The van der Waals surface area contributed by atoms with E-state index < -0.39 is 0 Å². The number of hydrogen-bond donors (Lipinski definition) is 1. The van der Waals surface area contributed by atoms with Crippen molar-refractivity contribution >= 4 is 5.91 Å². The zero-order valence-electron chi connectivity index (χ0n) is 12.1. The summed E-state index contributed by atoms with van der Waals surface area (Å²) in [6.45, 7) is 3.61. The maximum absolute atomic E-state index is 12.4. The van der Waals surface area contributed by atoms with Crippen LogP contribution in [0.1, 0.15) is 58.3 Å². The molecular formula is C15H28N2O2. The number of carbonyl (C=O) groups excluding carboxylic acids is 1. The lowest BCUT2D eigenvalue weighted by Gasteiger charge is -2.40. The first kappa shape index (κ1) is 14.8. The summed E-state index contributed by atoms with van der Waals surface area (Å²) in [6, 6.07) is 0.602. The van der Waals surface area contributed by atoms with Gasteiger partial charge < -0.3 is 15.4 Å². The molecule has 1 amide bonds. The van der Waals surface area contributed by atoms with E-state index in [9.17, 15) is 4.79 Å². The summed E-state index contributed by atoms with van der Waals surface area (Å²) in [5.41, 5.74) is 5.81. The Morgan fingerprint density at radius 3 is 2.79 bits per heavy atom. The van der Waals surface area contributed by atoms with Crippen LogP contribution in [-0.2, 0) is 9.53 Å². The minimum atomic E-state index is 0.253. The first-order chi connectivity index (χ1) is 9.22. The molecular weight excluding hydrogens is 240 g/mol. The normalized spacial score (nSPS) is 32.3. The van der Waals surface area contributed by atoms with E-state index in [2.05, 4.69) is 6.92 Å². The number of likely N-dealkylation sites (tertiary alicyclic amines) is 1. The van der Waals surface area contributed by atoms with Crippen molar-refractivity contribution in [3.05, 3.63) is 0 Å². The van der Waals surface area contributed by atoms with E-state index in [0.717, 1.165) is 32.3 Å². The Morgan fingerprint density at radius 2 is 2.11 bits per heavy atom. The highest BCUT2D eigenvalue weighted by atomic mass is 16.5. The second kappa shape index (κ2) is 7.25. The number of ether oxygens (including phenoxy) is 1. The molecule has 3 atom stereocenters. The van der Waals surface area contributed by atoms with Crippen LogP contribution >= 0.6 is 0 Å². The van der Waals surface area contributed by atoms with Crippen molar-refractivity contribution < 1.29 is 9.53 Å². The van der Waals surface area contributed by atoms with Crippen LogP contribution in [0.3, 0.4) is 0 Å². The van der Waals surface area contributed by atoms with E-state index >= 15 is 0 Å². The predicted octanol–water partition coefficient (Wildman–Crippen LogP) is 2.06. The second-order valence-electron chi connectivity index (χ2n) is 6.00. The van der Waals surface area contributed by atoms with Crippen LogP contribution in [-0.4, -0.2) is 42.1 Å². The molecule has 19 heavy (non-hydrogen) atoms. The number of nitrogens with zero attached hydrogens (tertiary/aromatic N) is 1. The highest BCUT2D eigenvalue weighted by molar-refractivity contribution is 5.77. The summed E-state index contributed by atoms with van der Waals surface area (Å²) in [5.74, 6) is 0.275. The van der Waals surface area contributed by atoms with Gasteiger partial charge in [-0.15, -0.1) is 0 Å². The molecule has 0 spiro atoms. The lowest BCUT2D eigenvalue weighted by molar-refractivity contribution is -0.138. The molecule has 110 valence electrons. The second-order valence-corrected chi connectivity index (χ2v) is 6.00. The Bertz CT molecular complexity index is 290. The molecule has 4 heteroatoms. The molecule has 2 aliphatic heterocycles. The van der Waals surface area contributed by atoms with Crippen LogP contribution < -0.4 is 5.73 Å². The molecule has 0 saturated carbocycles. The van der Waals surface area contributed by atoms with Crippen molar-refractivity contribution in [3.63, 3.8) is 0 Å². The summed E-state index contributed by atoms with van der Waals surface area (Å²) in [7, 11) is 0. The van der Waals surface area contributed by atoms with Gasteiger partial charge in [0.2, 0.25) is 5.91 Å². The quantitative estimate of drug-likeness (QED) is 0.849. The fraction of sp³-hybridized carbons (Fsp3) is 0.933. The summed E-state index contributed by atoms with van der Waals surface area (Å²) in [4.78, 5) is 14.5. The van der Waals surface area contributed by atoms with Crippen LogP contribution in [0.4, 0.5) is 0 Å². The van der Waals surface area contributed by atoms with E-state index in [1.807, 2.05) is 4.90 Å². The average Bonchev–Trinajstić information content (AvgIpc) is 2.45. The molecule has 2 heterocycles. The Hall–Kier alpha value is -0.610. The van der Waals surface area contributed by atoms with Crippen LogP contribution in [0.5, 0.6) is 0 Å². The lowest BCUT2D eigenvalue weighted by atomic mass is 9.95. The van der Waals surface area contributed by atoms with E-state index in [0.29, 0.717) is 25.1 Å². The standard InChI is InChI=1S/C15H28N2O2/c1-12-5-4-6-13(11-16)17(12)15(18)9-8-14-7-2-3-10-19-14/h12-14H,2-11,16H2,1H3. The van der Waals surface area contributed by atoms with Gasteiger partial charge in [-0.25, -0.2) is 0 Å². The fourth-order valence-electron chi connectivity index (χ4n) is 3.42. The molecule has 0 radical (unpaired) electrons. The molecule has 2 saturated heterocycles. The van der Waals surface area contributed by atoms with E-state index in [1.165, 1.54) is 19.3 Å². The Labute approximate surface area is 116 Å². The predicted molar refractivity (Wildman–Crippen MR) is 75.8 cm³/mol. The maximum atomic E-state index is 12.4. The summed E-state index contributed by atoms with van der Waals surface area (Å²) in [6.07, 6.45) is 8.68.